The number of rotatable bonds is 7. The molecule has 0 saturated carbocycles. The summed E-state index contributed by atoms with van der Waals surface area (Å²) in [5.41, 5.74) is 3.64. The smallest absolute Gasteiger partial charge is 0.227 e. The van der Waals surface area contributed by atoms with Crippen molar-refractivity contribution in [2.45, 2.75) is 26.4 Å². The van der Waals surface area contributed by atoms with E-state index in [0.717, 1.165) is 54.4 Å². The lowest BCUT2D eigenvalue weighted by molar-refractivity contribution is 0.242. The summed E-state index contributed by atoms with van der Waals surface area (Å²) in [4.78, 5) is 11.3. The number of benzene rings is 2. The summed E-state index contributed by atoms with van der Waals surface area (Å²) < 4.78 is 24.9. The number of hydrogen-bond donors (Lipinski definition) is 1. The molecule has 1 aromatic heterocycles. The lowest BCUT2D eigenvalue weighted by Crippen LogP contribution is -2.31. The number of ether oxygens (including phenoxy) is 2. The number of nitrogens with one attached hydrogen (secondary N) is 1. The van der Waals surface area contributed by atoms with Gasteiger partial charge in [-0.05, 0) is 36.8 Å². The molecule has 6 nitrogen and oxygen atoms in total. The van der Waals surface area contributed by atoms with Gasteiger partial charge in [-0.15, -0.1) is 0 Å². The Balaban J connectivity index is 1.43. The standard InChI is InChI=1S/C23H25FN4O2/c1-3-30-21-9-8-16(12-22(21)29-2)14-28-11-10-19-17(15-28)13-25-23(26-19)27-20-7-5-4-6-18(20)24/h4-9,12-13H,3,10-11,14-15H2,1-2H3,(H,25,26,27). The lowest BCUT2D eigenvalue weighted by Gasteiger charge is -2.28. The van der Waals surface area contributed by atoms with E-state index in [0.29, 0.717) is 18.2 Å². The van der Waals surface area contributed by atoms with Crippen LogP contribution in [0.5, 0.6) is 11.5 Å². The average Bonchev–Trinajstić information content (AvgIpc) is 2.76. The first kappa shape index (κ1) is 20.1. The summed E-state index contributed by atoms with van der Waals surface area (Å²) >= 11 is 0. The predicted molar refractivity (Wildman–Crippen MR) is 114 cm³/mol. The van der Waals surface area contributed by atoms with Crippen LogP contribution in [0.15, 0.2) is 48.7 Å². The first-order valence-corrected chi connectivity index (χ1v) is 10.0. The van der Waals surface area contributed by atoms with E-state index in [4.69, 9.17) is 9.47 Å². The monoisotopic (exact) mass is 408 g/mol. The van der Waals surface area contributed by atoms with E-state index in [1.54, 1.807) is 25.3 Å². The van der Waals surface area contributed by atoms with Crippen molar-refractivity contribution < 1.29 is 13.9 Å². The third-order valence-electron chi connectivity index (χ3n) is 5.07. The highest BCUT2D eigenvalue weighted by molar-refractivity contribution is 5.54. The SMILES string of the molecule is CCOc1ccc(CN2CCc3nc(Nc4ccccc4F)ncc3C2)cc1OC. The molecule has 2 aromatic carbocycles. The van der Waals surface area contributed by atoms with Crippen LogP contribution in [0.2, 0.25) is 0 Å². The van der Waals surface area contributed by atoms with E-state index < -0.39 is 0 Å². The van der Waals surface area contributed by atoms with Gasteiger partial charge in [0.05, 0.1) is 25.1 Å². The van der Waals surface area contributed by atoms with Crippen LogP contribution in [0.3, 0.4) is 0 Å². The van der Waals surface area contributed by atoms with Gasteiger partial charge >= 0.3 is 0 Å². The van der Waals surface area contributed by atoms with Crippen molar-refractivity contribution in [3.05, 3.63) is 71.3 Å². The Bertz CT molecular complexity index is 1030. The molecule has 4 rings (SSSR count). The quantitative estimate of drug-likeness (QED) is 0.628. The number of para-hydroxylation sites is 1. The van der Waals surface area contributed by atoms with E-state index in [1.165, 1.54) is 6.07 Å². The third-order valence-corrected chi connectivity index (χ3v) is 5.07. The molecule has 1 aliphatic rings. The van der Waals surface area contributed by atoms with Crippen molar-refractivity contribution >= 4 is 11.6 Å². The van der Waals surface area contributed by atoms with Crippen molar-refractivity contribution in [1.82, 2.24) is 14.9 Å². The minimum atomic E-state index is -0.323. The average molecular weight is 408 g/mol. The topological polar surface area (TPSA) is 59.5 Å². The first-order valence-electron chi connectivity index (χ1n) is 10.0. The molecule has 0 spiro atoms. The molecule has 0 amide bonds. The number of nitrogens with zero attached hydrogens (tertiary/aromatic N) is 3. The van der Waals surface area contributed by atoms with Crippen LogP contribution in [0, 0.1) is 5.82 Å². The fourth-order valence-corrected chi connectivity index (χ4v) is 3.60. The molecule has 0 saturated heterocycles. The number of aromatic nitrogens is 2. The van der Waals surface area contributed by atoms with E-state index in [2.05, 4.69) is 26.3 Å². The normalized spacial score (nSPS) is 13.6. The van der Waals surface area contributed by atoms with Crippen LogP contribution < -0.4 is 14.8 Å². The highest BCUT2D eigenvalue weighted by atomic mass is 19.1. The zero-order valence-corrected chi connectivity index (χ0v) is 17.2. The van der Waals surface area contributed by atoms with Gasteiger partial charge in [0.2, 0.25) is 5.95 Å². The van der Waals surface area contributed by atoms with Crippen molar-refractivity contribution in [3.63, 3.8) is 0 Å². The fourth-order valence-electron chi connectivity index (χ4n) is 3.60. The van der Waals surface area contributed by atoms with Gasteiger partial charge in [-0.1, -0.05) is 18.2 Å². The zero-order chi connectivity index (χ0) is 20.9. The lowest BCUT2D eigenvalue weighted by atomic mass is 10.1. The van der Waals surface area contributed by atoms with Gasteiger partial charge in [-0.25, -0.2) is 14.4 Å². The molecule has 30 heavy (non-hydrogen) atoms. The van der Waals surface area contributed by atoms with Crippen molar-refractivity contribution in [2.75, 3.05) is 25.6 Å². The summed E-state index contributed by atoms with van der Waals surface area (Å²) in [5, 5.41) is 2.97. The predicted octanol–water partition coefficient (Wildman–Crippen LogP) is 4.32. The molecule has 3 aromatic rings. The Morgan fingerprint density at radius 3 is 2.83 bits per heavy atom. The van der Waals surface area contributed by atoms with Crippen LogP contribution in [0.25, 0.3) is 0 Å². The second-order valence-corrected chi connectivity index (χ2v) is 7.15. The van der Waals surface area contributed by atoms with Crippen LogP contribution in [-0.2, 0) is 19.5 Å². The van der Waals surface area contributed by atoms with E-state index in [1.807, 2.05) is 25.3 Å². The Hall–Kier alpha value is -3.19. The van der Waals surface area contributed by atoms with Crippen LogP contribution >= 0.6 is 0 Å². The molecule has 0 bridgehead atoms. The molecule has 7 heteroatoms. The molecule has 0 fully saturated rings. The van der Waals surface area contributed by atoms with Crippen LogP contribution in [0.1, 0.15) is 23.7 Å². The Morgan fingerprint density at radius 1 is 1.17 bits per heavy atom. The van der Waals surface area contributed by atoms with Crippen molar-refractivity contribution in [2.24, 2.45) is 0 Å². The summed E-state index contributed by atoms with van der Waals surface area (Å²) in [6.45, 7) is 5.02. The van der Waals surface area contributed by atoms with Gasteiger partial charge in [0.1, 0.15) is 5.82 Å². The summed E-state index contributed by atoms with van der Waals surface area (Å²) in [5.74, 6) is 1.61. The van der Waals surface area contributed by atoms with Gasteiger partial charge in [-0.3, -0.25) is 4.90 Å². The Morgan fingerprint density at radius 2 is 2.03 bits per heavy atom. The van der Waals surface area contributed by atoms with Gasteiger partial charge in [-0.2, -0.15) is 0 Å². The number of methoxy groups -OCH3 is 1. The second kappa shape index (κ2) is 9.09. The number of anilines is 2. The maximum absolute atomic E-state index is 13.9. The molecular weight excluding hydrogens is 383 g/mol. The van der Waals surface area contributed by atoms with E-state index in [9.17, 15) is 4.39 Å². The fraction of sp³-hybridized carbons (Fsp3) is 0.304. The minimum Gasteiger partial charge on any atom is -0.493 e. The summed E-state index contributed by atoms with van der Waals surface area (Å²) in [6, 6.07) is 12.6. The van der Waals surface area contributed by atoms with Gasteiger partial charge in [0.25, 0.3) is 0 Å². The molecule has 1 aliphatic heterocycles. The number of halogens is 1. The molecule has 0 radical (unpaired) electrons. The minimum absolute atomic E-state index is 0.323. The molecule has 156 valence electrons. The molecule has 1 N–H and O–H groups in total. The molecule has 0 aliphatic carbocycles. The van der Waals surface area contributed by atoms with Gasteiger partial charge in [0.15, 0.2) is 11.5 Å². The number of hydrogen-bond acceptors (Lipinski definition) is 6. The third kappa shape index (κ3) is 4.52. The molecule has 0 unspecified atom stereocenters. The van der Waals surface area contributed by atoms with E-state index in [-0.39, 0.29) is 5.82 Å². The highest BCUT2D eigenvalue weighted by Gasteiger charge is 2.19. The van der Waals surface area contributed by atoms with Gasteiger partial charge in [0, 0.05) is 37.8 Å². The summed E-state index contributed by atoms with van der Waals surface area (Å²) in [6.07, 6.45) is 2.65. The largest absolute Gasteiger partial charge is 0.493 e. The Labute approximate surface area is 175 Å². The zero-order valence-electron chi connectivity index (χ0n) is 17.2. The first-order chi connectivity index (χ1) is 14.7. The second-order valence-electron chi connectivity index (χ2n) is 7.15. The van der Waals surface area contributed by atoms with Gasteiger partial charge < -0.3 is 14.8 Å². The Kier molecular flexibility index (Phi) is 6.09. The van der Waals surface area contributed by atoms with E-state index >= 15 is 0 Å². The maximum Gasteiger partial charge on any atom is 0.227 e. The van der Waals surface area contributed by atoms with Crippen LogP contribution in [-0.4, -0.2) is 35.1 Å². The maximum atomic E-state index is 13.9. The van der Waals surface area contributed by atoms with Crippen molar-refractivity contribution in [3.8, 4) is 11.5 Å². The van der Waals surface area contributed by atoms with Crippen LogP contribution in [0.4, 0.5) is 16.0 Å². The number of fused-ring (bicyclic) bond motifs is 1. The van der Waals surface area contributed by atoms with Crippen molar-refractivity contribution in [1.29, 1.82) is 0 Å². The highest BCUT2D eigenvalue weighted by Crippen LogP contribution is 2.29. The molecule has 0 atom stereocenters. The summed E-state index contributed by atoms with van der Waals surface area (Å²) in [7, 11) is 1.66. The molecular formula is C23H25FN4O2. The molecule has 2 heterocycles.